The minimum atomic E-state index is -0.667. The van der Waals surface area contributed by atoms with Gasteiger partial charge in [-0.1, -0.05) is 0 Å². The van der Waals surface area contributed by atoms with E-state index >= 15 is 0 Å². The summed E-state index contributed by atoms with van der Waals surface area (Å²) in [6.45, 7) is 4.83. The zero-order valence-corrected chi connectivity index (χ0v) is 21.6. The number of benzene rings is 2. The van der Waals surface area contributed by atoms with Gasteiger partial charge in [0.2, 0.25) is 0 Å². The molecule has 4 aromatic rings. The molecule has 2 unspecified atom stereocenters. The molecule has 0 saturated heterocycles. The Hall–Kier alpha value is -2.23. The average Bonchev–Trinajstić information content (AvgIpc) is 3.56. The number of hydrogen-bond donors (Lipinski definition) is 0. The van der Waals surface area contributed by atoms with Crippen molar-refractivity contribution in [2.24, 2.45) is 0 Å². The van der Waals surface area contributed by atoms with Crippen molar-refractivity contribution in [1.82, 2.24) is 0 Å². The van der Waals surface area contributed by atoms with E-state index in [-0.39, 0.29) is 32.3 Å². The molecule has 2 aliphatic rings. The van der Waals surface area contributed by atoms with Crippen LogP contribution in [0.4, 0.5) is 0 Å². The molecule has 0 N–H and O–H groups in total. The zero-order valence-electron chi connectivity index (χ0n) is 18.4. The van der Waals surface area contributed by atoms with Crippen LogP contribution in [0.2, 0.25) is 0 Å². The first-order valence-corrected chi connectivity index (χ1v) is 12.2. The van der Waals surface area contributed by atoms with E-state index in [1.165, 1.54) is 33.4 Å². The predicted octanol–water partition coefficient (Wildman–Crippen LogP) is 8.04. The summed E-state index contributed by atoms with van der Waals surface area (Å²) in [4.78, 5) is 0. The fourth-order valence-corrected chi connectivity index (χ4v) is 9.04. The topological polar surface area (TPSA) is 26.3 Å². The van der Waals surface area contributed by atoms with Gasteiger partial charge in [-0.25, -0.2) is 0 Å². The minimum Gasteiger partial charge on any atom is -0.147 e. The minimum absolute atomic E-state index is 0. The first-order chi connectivity index (χ1) is 15.1. The maximum atomic E-state index is 5.93. The summed E-state index contributed by atoms with van der Waals surface area (Å²) in [5, 5.41) is 0. The van der Waals surface area contributed by atoms with Gasteiger partial charge in [-0.2, -0.15) is 0 Å². The third-order valence-corrected chi connectivity index (χ3v) is 9.99. The van der Waals surface area contributed by atoms with Gasteiger partial charge in [0.05, 0.1) is 0 Å². The fourth-order valence-electron chi connectivity index (χ4n) is 5.31. The summed E-state index contributed by atoms with van der Waals surface area (Å²) in [7, 11) is 0. The van der Waals surface area contributed by atoms with E-state index < -0.39 is 19.2 Å². The van der Waals surface area contributed by atoms with Crippen molar-refractivity contribution >= 4 is 48.1 Å². The van der Waals surface area contributed by atoms with Crippen LogP contribution in [0.15, 0.2) is 94.2 Å². The zero-order chi connectivity index (χ0) is 21.1. The molecule has 2 aliphatic carbocycles. The Labute approximate surface area is 215 Å². The first kappa shape index (κ1) is 23.9. The van der Waals surface area contributed by atoms with E-state index in [1.54, 1.807) is 12.5 Å². The quantitative estimate of drug-likeness (QED) is 0.259. The predicted molar refractivity (Wildman–Crippen MR) is 135 cm³/mol. The van der Waals surface area contributed by atoms with E-state index in [1.807, 2.05) is 12.1 Å². The molecule has 0 spiro atoms. The molecule has 166 valence electrons. The maximum absolute atomic E-state index is 5.93. The number of rotatable bonds is 4. The van der Waals surface area contributed by atoms with Crippen molar-refractivity contribution in [3.05, 3.63) is 119 Å². The van der Waals surface area contributed by atoms with Crippen molar-refractivity contribution < 1.29 is 28.0 Å². The van der Waals surface area contributed by atoms with Gasteiger partial charge >= 0.3 is 192 Å². The molecule has 6 rings (SSSR count). The Morgan fingerprint density at radius 2 is 1.00 bits per heavy atom. The Bertz CT molecular complexity index is 1230. The molecule has 33 heavy (non-hydrogen) atoms. The van der Waals surface area contributed by atoms with Gasteiger partial charge in [-0.3, -0.25) is 0 Å². The molecule has 0 fully saturated rings. The average molecular weight is 511 g/mol. The van der Waals surface area contributed by atoms with Crippen LogP contribution < -0.4 is 0 Å². The molecule has 2 atom stereocenters. The molecule has 0 radical (unpaired) electrons. The Balaban J connectivity index is 0.00000130. The fraction of sp³-hybridized carbons (Fsp3) is 0.143. The van der Waals surface area contributed by atoms with Crippen molar-refractivity contribution in [3.8, 4) is 0 Å². The van der Waals surface area contributed by atoms with Crippen LogP contribution >= 0.6 is 24.8 Å². The molecular formula is C28H24Cl2O2Ti. The molecule has 0 aliphatic heterocycles. The third kappa shape index (κ3) is 3.61. The second-order valence-electron chi connectivity index (χ2n) is 8.62. The number of halogens is 2. The number of fused-ring (bicyclic) bond motifs is 2. The van der Waals surface area contributed by atoms with Crippen LogP contribution in [0.25, 0.3) is 23.3 Å². The van der Waals surface area contributed by atoms with E-state index in [9.17, 15) is 0 Å². The maximum Gasteiger partial charge on any atom is -0.147 e. The second-order valence-corrected chi connectivity index (χ2v) is 12.1. The largest absolute Gasteiger partial charge is 0.147 e. The standard InChI is InChI=1S/2C14H11O.2ClH.Ti/c2*1-10-12-6-3-2-5-11(12)9-13(10)14-7-4-8-15-14;;;/h2*2-9H,1H3;2*1H;. The number of furan rings is 2. The monoisotopic (exact) mass is 510 g/mol. The normalized spacial score (nSPS) is 22.4. The summed E-state index contributed by atoms with van der Waals surface area (Å²) in [5.41, 5.74) is 8.01. The van der Waals surface area contributed by atoms with Crippen LogP contribution in [-0.2, 0) is 26.6 Å². The van der Waals surface area contributed by atoms with Gasteiger partial charge in [0.15, 0.2) is 0 Å². The molecule has 0 amide bonds. The smallest absolute Gasteiger partial charge is 0.147 e. The van der Waals surface area contributed by atoms with Crippen molar-refractivity contribution in [1.29, 1.82) is 0 Å². The van der Waals surface area contributed by atoms with Gasteiger partial charge in [-0.15, -0.1) is 24.8 Å². The summed E-state index contributed by atoms with van der Waals surface area (Å²) in [5.74, 6) is 1.95. The van der Waals surface area contributed by atoms with Gasteiger partial charge in [-0.05, 0) is 0 Å². The van der Waals surface area contributed by atoms with Crippen molar-refractivity contribution in [3.63, 3.8) is 0 Å². The van der Waals surface area contributed by atoms with E-state index in [0.29, 0.717) is 0 Å². The van der Waals surface area contributed by atoms with Gasteiger partial charge in [0.1, 0.15) is 0 Å². The summed E-state index contributed by atoms with van der Waals surface area (Å²) < 4.78 is 11.7. The van der Waals surface area contributed by atoms with Crippen LogP contribution in [0.1, 0.15) is 47.6 Å². The van der Waals surface area contributed by atoms with E-state index in [2.05, 4.69) is 86.7 Å². The molecule has 2 aromatic heterocycles. The summed E-state index contributed by atoms with van der Waals surface area (Å²) in [6.07, 6.45) is 8.22. The molecule has 5 heteroatoms. The molecule has 2 nitrogen and oxygen atoms in total. The van der Waals surface area contributed by atoms with Crippen LogP contribution in [0.3, 0.4) is 0 Å². The third-order valence-electron chi connectivity index (χ3n) is 6.75. The van der Waals surface area contributed by atoms with Crippen LogP contribution in [-0.4, -0.2) is 0 Å². The van der Waals surface area contributed by atoms with E-state index in [0.717, 1.165) is 11.5 Å². The Kier molecular flexibility index (Phi) is 6.41. The molecule has 2 heterocycles. The Morgan fingerprint density at radius 1 is 0.576 bits per heavy atom. The SMILES string of the molecule is C[C]1([Ti][C]2(C)C(c3ccco3)=Cc3ccccc32)C(c2ccco2)=Cc2ccccc21.Cl.Cl. The van der Waals surface area contributed by atoms with Crippen LogP contribution in [0.5, 0.6) is 0 Å². The molecular weight excluding hydrogens is 487 g/mol. The van der Waals surface area contributed by atoms with Crippen LogP contribution in [0, 0.1) is 0 Å². The molecule has 0 bridgehead atoms. The van der Waals surface area contributed by atoms with Crippen molar-refractivity contribution in [2.45, 2.75) is 21.3 Å². The van der Waals surface area contributed by atoms with Gasteiger partial charge in [0.25, 0.3) is 0 Å². The summed E-state index contributed by atoms with van der Waals surface area (Å²) in [6, 6.07) is 25.8. The summed E-state index contributed by atoms with van der Waals surface area (Å²) >= 11 is -0.667. The first-order valence-electron chi connectivity index (χ1n) is 10.6. The second kappa shape index (κ2) is 8.85. The van der Waals surface area contributed by atoms with Gasteiger partial charge in [0, 0.05) is 0 Å². The Morgan fingerprint density at radius 3 is 1.39 bits per heavy atom. The van der Waals surface area contributed by atoms with Crippen molar-refractivity contribution in [2.75, 3.05) is 0 Å². The number of allylic oxidation sites excluding steroid dienone is 2. The van der Waals surface area contributed by atoms with Gasteiger partial charge < -0.3 is 0 Å². The molecule has 0 saturated carbocycles. The number of hydrogen-bond acceptors (Lipinski definition) is 2. The van der Waals surface area contributed by atoms with E-state index in [4.69, 9.17) is 8.83 Å². The molecule has 2 aromatic carbocycles.